The maximum absolute atomic E-state index is 11.7. The van der Waals surface area contributed by atoms with Gasteiger partial charge >= 0.3 is 5.97 Å². The number of hydrogen-bond donors (Lipinski definition) is 0. The Labute approximate surface area is 152 Å². The molecule has 0 aliphatic heterocycles. The zero-order chi connectivity index (χ0) is 18.4. The van der Waals surface area contributed by atoms with Crippen LogP contribution in [0.3, 0.4) is 0 Å². The van der Waals surface area contributed by atoms with E-state index in [9.17, 15) is 4.79 Å². The van der Waals surface area contributed by atoms with Gasteiger partial charge < -0.3 is 14.1 Å². The molecule has 0 radical (unpaired) electrons. The summed E-state index contributed by atoms with van der Waals surface area (Å²) in [6.07, 6.45) is 6.68. The molecule has 2 aromatic heterocycles. The number of nitrogens with zero attached hydrogens (tertiary/aromatic N) is 3. The van der Waals surface area contributed by atoms with E-state index in [0.717, 1.165) is 22.7 Å². The normalized spacial score (nSPS) is 11.5. The van der Waals surface area contributed by atoms with Crippen LogP contribution in [0.4, 0.5) is 5.82 Å². The lowest BCUT2D eigenvalue weighted by Crippen LogP contribution is -2.09. The van der Waals surface area contributed by atoms with E-state index in [1.54, 1.807) is 18.0 Å². The number of carbonyl (C=O) groups excluding carboxylic acids is 1. The number of carbonyl (C=O) groups is 1. The van der Waals surface area contributed by atoms with Crippen molar-refractivity contribution in [2.75, 3.05) is 32.4 Å². The first-order valence-corrected chi connectivity index (χ1v) is 9.17. The summed E-state index contributed by atoms with van der Waals surface area (Å²) in [6.45, 7) is 2.06. The lowest BCUT2D eigenvalue weighted by molar-refractivity contribution is -0.140. The third kappa shape index (κ3) is 4.63. The van der Waals surface area contributed by atoms with Gasteiger partial charge in [0.25, 0.3) is 0 Å². The van der Waals surface area contributed by atoms with Crippen LogP contribution in [-0.4, -0.2) is 43.4 Å². The Kier molecular flexibility index (Phi) is 6.64. The maximum Gasteiger partial charge on any atom is 0.313 e. The third-order valence-corrected chi connectivity index (χ3v) is 4.33. The Morgan fingerprint density at radius 3 is 2.68 bits per heavy atom. The summed E-state index contributed by atoms with van der Waals surface area (Å²) < 4.78 is 10.7. The molecule has 2 heterocycles. The van der Waals surface area contributed by atoms with Crippen molar-refractivity contribution >= 4 is 28.5 Å². The van der Waals surface area contributed by atoms with E-state index in [0.29, 0.717) is 17.3 Å². The summed E-state index contributed by atoms with van der Waals surface area (Å²) in [5.74, 6) is 1.44. The minimum Gasteiger partial charge on any atom is -0.469 e. The lowest BCUT2D eigenvalue weighted by atomic mass is 10.2. The Bertz CT molecular complexity index is 751. The molecule has 0 amide bonds. The molecule has 0 saturated heterocycles. The van der Waals surface area contributed by atoms with Crippen molar-refractivity contribution in [2.24, 2.45) is 0 Å². The first kappa shape index (κ1) is 19.1. The molecule has 0 aliphatic rings. The van der Waals surface area contributed by atoms with Gasteiger partial charge in [-0.1, -0.05) is 13.0 Å². The average Bonchev–Trinajstić information content (AvgIpc) is 3.03. The fraction of sp³-hybridized carbons (Fsp3) is 0.389. The predicted octanol–water partition coefficient (Wildman–Crippen LogP) is 3.63. The molecule has 2 rings (SSSR count). The number of methoxy groups -OCH3 is 1. The topological polar surface area (TPSA) is 68.5 Å². The number of pyridine rings is 1. The van der Waals surface area contributed by atoms with Crippen molar-refractivity contribution in [1.82, 2.24) is 9.97 Å². The molecule has 0 aliphatic carbocycles. The average molecular weight is 361 g/mol. The van der Waals surface area contributed by atoms with E-state index in [1.807, 2.05) is 37.4 Å². The Hall–Kier alpha value is -2.28. The largest absolute Gasteiger partial charge is 0.469 e. The van der Waals surface area contributed by atoms with Gasteiger partial charge in [-0.2, -0.15) is 0 Å². The molecule has 134 valence electrons. The summed E-state index contributed by atoms with van der Waals surface area (Å²) in [4.78, 5) is 23.6. The van der Waals surface area contributed by atoms with Gasteiger partial charge in [-0.25, -0.2) is 9.97 Å². The van der Waals surface area contributed by atoms with E-state index in [1.165, 1.54) is 7.11 Å². The van der Waals surface area contributed by atoms with Crippen molar-refractivity contribution in [3.63, 3.8) is 0 Å². The summed E-state index contributed by atoms with van der Waals surface area (Å²) >= 11 is 1.58. The van der Waals surface area contributed by atoms with E-state index in [4.69, 9.17) is 9.15 Å². The number of esters is 1. The van der Waals surface area contributed by atoms with Crippen LogP contribution in [0, 0.1) is 0 Å². The van der Waals surface area contributed by atoms with Crippen molar-refractivity contribution in [1.29, 1.82) is 0 Å². The lowest BCUT2D eigenvalue weighted by Gasteiger charge is -2.10. The van der Waals surface area contributed by atoms with E-state index in [2.05, 4.69) is 23.0 Å². The number of allylic oxidation sites excluding steroid dienone is 1. The third-order valence-electron chi connectivity index (χ3n) is 3.53. The fourth-order valence-electron chi connectivity index (χ4n) is 2.23. The van der Waals surface area contributed by atoms with Gasteiger partial charge in [0.15, 0.2) is 0 Å². The van der Waals surface area contributed by atoms with Crippen LogP contribution >= 0.6 is 11.8 Å². The number of thioether (sulfide) groups is 1. The van der Waals surface area contributed by atoms with Crippen LogP contribution in [0.15, 0.2) is 28.8 Å². The highest BCUT2D eigenvalue weighted by Crippen LogP contribution is 2.32. The second kappa shape index (κ2) is 8.71. The number of hydrogen-bond acceptors (Lipinski definition) is 7. The van der Waals surface area contributed by atoms with Gasteiger partial charge in [0.05, 0.1) is 12.7 Å². The Morgan fingerprint density at radius 1 is 1.40 bits per heavy atom. The molecule has 2 aromatic rings. The molecule has 0 unspecified atom stereocenters. The quantitative estimate of drug-likeness (QED) is 0.698. The van der Waals surface area contributed by atoms with Crippen molar-refractivity contribution in [2.45, 2.75) is 19.8 Å². The molecule has 6 nitrogen and oxygen atoms in total. The van der Waals surface area contributed by atoms with Crippen molar-refractivity contribution in [3.8, 4) is 11.5 Å². The summed E-state index contributed by atoms with van der Waals surface area (Å²) in [6, 6.07) is 3.80. The van der Waals surface area contributed by atoms with E-state index in [-0.39, 0.29) is 12.4 Å². The molecular formula is C18H23N3O3S. The molecule has 0 saturated carbocycles. The summed E-state index contributed by atoms with van der Waals surface area (Å²) in [5.41, 5.74) is 1.45. The monoisotopic (exact) mass is 361 g/mol. The minimum absolute atomic E-state index is 0.0453. The van der Waals surface area contributed by atoms with Crippen LogP contribution in [0.5, 0.6) is 0 Å². The van der Waals surface area contributed by atoms with Gasteiger partial charge in [-0.3, -0.25) is 4.79 Å². The highest BCUT2D eigenvalue weighted by atomic mass is 32.2. The standard InChI is InChI=1S/C18H23N3O3S/c1-6-7-14(25-5)17-13(10-16(22)23-4)24-18(20-17)12-8-9-15(19-11-12)21(2)3/h7-9,11H,6,10H2,1-5H3/b14-7-. The molecule has 0 N–H and O–H groups in total. The highest BCUT2D eigenvalue weighted by molar-refractivity contribution is 8.07. The van der Waals surface area contributed by atoms with Crippen LogP contribution in [0.1, 0.15) is 24.8 Å². The predicted molar refractivity (Wildman–Crippen MR) is 102 cm³/mol. The molecule has 0 spiro atoms. The zero-order valence-corrected chi connectivity index (χ0v) is 16.0. The van der Waals surface area contributed by atoms with Crippen LogP contribution in [0.25, 0.3) is 16.4 Å². The smallest absolute Gasteiger partial charge is 0.313 e. The molecule has 0 atom stereocenters. The second-order valence-electron chi connectivity index (χ2n) is 5.52. The van der Waals surface area contributed by atoms with Gasteiger partial charge in [0.1, 0.15) is 23.7 Å². The Balaban J connectivity index is 2.45. The SMILES string of the molecule is CC/C=C(\SC)c1nc(-c2ccc(N(C)C)nc2)oc1CC(=O)OC. The first-order valence-electron chi connectivity index (χ1n) is 7.94. The highest BCUT2D eigenvalue weighted by Gasteiger charge is 2.20. The van der Waals surface area contributed by atoms with E-state index < -0.39 is 0 Å². The van der Waals surface area contributed by atoms with Crippen LogP contribution < -0.4 is 4.90 Å². The number of aromatic nitrogens is 2. The molecule has 0 bridgehead atoms. The van der Waals surface area contributed by atoms with Gasteiger partial charge in [0, 0.05) is 25.2 Å². The minimum atomic E-state index is -0.359. The van der Waals surface area contributed by atoms with Gasteiger partial charge in [-0.15, -0.1) is 11.8 Å². The Morgan fingerprint density at radius 2 is 2.16 bits per heavy atom. The molecule has 0 aromatic carbocycles. The van der Waals surface area contributed by atoms with E-state index >= 15 is 0 Å². The van der Waals surface area contributed by atoms with Crippen molar-refractivity contribution < 1.29 is 13.9 Å². The van der Waals surface area contributed by atoms with Crippen LogP contribution in [-0.2, 0) is 16.0 Å². The zero-order valence-electron chi connectivity index (χ0n) is 15.2. The van der Waals surface area contributed by atoms with Crippen LogP contribution in [0.2, 0.25) is 0 Å². The first-order chi connectivity index (χ1) is 12.0. The fourth-order valence-corrected chi connectivity index (χ4v) is 2.92. The number of oxazole rings is 1. The summed E-state index contributed by atoms with van der Waals surface area (Å²) in [5, 5.41) is 0. The molecule has 25 heavy (non-hydrogen) atoms. The summed E-state index contributed by atoms with van der Waals surface area (Å²) in [7, 11) is 5.22. The number of ether oxygens (including phenoxy) is 1. The van der Waals surface area contributed by atoms with Crippen molar-refractivity contribution in [3.05, 3.63) is 35.9 Å². The molecule has 7 heteroatoms. The second-order valence-corrected chi connectivity index (χ2v) is 6.37. The number of rotatable bonds is 7. The van der Waals surface area contributed by atoms with Gasteiger partial charge in [0.2, 0.25) is 5.89 Å². The number of anilines is 1. The molecule has 0 fully saturated rings. The molecular weight excluding hydrogens is 338 g/mol. The maximum atomic E-state index is 11.7. The van der Waals surface area contributed by atoms with Gasteiger partial charge in [-0.05, 0) is 24.8 Å².